The van der Waals surface area contributed by atoms with Gasteiger partial charge in [0.1, 0.15) is 5.15 Å². The molecule has 0 spiro atoms. The predicted molar refractivity (Wildman–Crippen MR) is 71.2 cm³/mol. The first-order valence-corrected chi connectivity index (χ1v) is 6.72. The van der Waals surface area contributed by atoms with E-state index in [2.05, 4.69) is 28.2 Å². The monoisotopic (exact) mass is 253 g/mol. The van der Waals surface area contributed by atoms with Crippen molar-refractivity contribution in [2.45, 2.75) is 32.4 Å². The summed E-state index contributed by atoms with van der Waals surface area (Å²) < 4.78 is 0. The van der Waals surface area contributed by atoms with Gasteiger partial charge >= 0.3 is 0 Å². The Bertz CT molecular complexity index is 333. The standard InChI is InChI=1S/C13H20ClN3/c1-2-7-17(12-5-6-15-9-12)10-11-3-4-13(14)16-8-11/h3-4,8,12,15H,2,5-7,9-10H2,1H3. The minimum absolute atomic E-state index is 0.568. The van der Waals surface area contributed by atoms with Crippen molar-refractivity contribution >= 4 is 11.6 Å². The van der Waals surface area contributed by atoms with Crippen LogP contribution in [0, 0.1) is 0 Å². The summed E-state index contributed by atoms with van der Waals surface area (Å²) in [6, 6.07) is 4.61. The lowest BCUT2D eigenvalue weighted by molar-refractivity contribution is 0.199. The van der Waals surface area contributed by atoms with E-state index in [-0.39, 0.29) is 0 Å². The molecular weight excluding hydrogens is 234 g/mol. The SMILES string of the molecule is CCCN(Cc1ccc(Cl)nc1)C1CCNC1. The van der Waals surface area contributed by atoms with Crippen molar-refractivity contribution in [2.75, 3.05) is 19.6 Å². The predicted octanol–water partition coefficient (Wildman–Crippen LogP) is 2.31. The highest BCUT2D eigenvalue weighted by Gasteiger charge is 2.21. The van der Waals surface area contributed by atoms with Crippen LogP contribution in [0.1, 0.15) is 25.3 Å². The molecule has 1 saturated heterocycles. The average Bonchev–Trinajstić information content (AvgIpc) is 2.85. The second kappa shape index (κ2) is 6.34. The molecular formula is C13H20ClN3. The number of hydrogen-bond donors (Lipinski definition) is 1. The third kappa shape index (κ3) is 3.66. The van der Waals surface area contributed by atoms with Gasteiger partial charge in [-0.1, -0.05) is 24.6 Å². The Morgan fingerprint density at radius 3 is 3.00 bits per heavy atom. The first kappa shape index (κ1) is 12.8. The number of pyridine rings is 1. The fourth-order valence-electron chi connectivity index (χ4n) is 2.36. The molecule has 1 aliphatic rings. The summed E-state index contributed by atoms with van der Waals surface area (Å²) in [4.78, 5) is 6.69. The summed E-state index contributed by atoms with van der Waals surface area (Å²) in [5.41, 5.74) is 1.25. The van der Waals surface area contributed by atoms with E-state index in [4.69, 9.17) is 11.6 Å². The molecule has 0 saturated carbocycles. The largest absolute Gasteiger partial charge is 0.315 e. The highest BCUT2D eigenvalue weighted by molar-refractivity contribution is 6.29. The van der Waals surface area contributed by atoms with Crippen LogP contribution in [0.25, 0.3) is 0 Å². The smallest absolute Gasteiger partial charge is 0.129 e. The van der Waals surface area contributed by atoms with E-state index in [1.54, 1.807) is 0 Å². The lowest BCUT2D eigenvalue weighted by Gasteiger charge is -2.27. The molecule has 94 valence electrons. The van der Waals surface area contributed by atoms with E-state index in [0.29, 0.717) is 11.2 Å². The van der Waals surface area contributed by atoms with E-state index in [1.807, 2.05) is 12.3 Å². The van der Waals surface area contributed by atoms with Crippen molar-refractivity contribution in [1.82, 2.24) is 15.2 Å². The molecule has 3 nitrogen and oxygen atoms in total. The molecule has 2 rings (SSSR count). The molecule has 1 aromatic heterocycles. The van der Waals surface area contributed by atoms with Crippen LogP contribution in [0.15, 0.2) is 18.3 Å². The third-order valence-electron chi connectivity index (χ3n) is 3.24. The van der Waals surface area contributed by atoms with Crippen LogP contribution in [0.2, 0.25) is 5.15 Å². The first-order valence-electron chi connectivity index (χ1n) is 6.35. The summed E-state index contributed by atoms with van der Waals surface area (Å²) >= 11 is 5.80. The lowest BCUT2D eigenvalue weighted by atomic mass is 10.1. The molecule has 17 heavy (non-hydrogen) atoms. The minimum atomic E-state index is 0.568. The maximum atomic E-state index is 5.80. The van der Waals surface area contributed by atoms with Crippen molar-refractivity contribution < 1.29 is 0 Å². The van der Waals surface area contributed by atoms with Gasteiger partial charge in [-0.3, -0.25) is 4.90 Å². The van der Waals surface area contributed by atoms with Crippen LogP contribution in [0.3, 0.4) is 0 Å². The zero-order chi connectivity index (χ0) is 12.1. The molecule has 0 aliphatic carbocycles. The molecule has 2 heterocycles. The van der Waals surface area contributed by atoms with Gasteiger partial charge < -0.3 is 5.32 Å². The zero-order valence-corrected chi connectivity index (χ0v) is 11.1. The molecule has 0 amide bonds. The topological polar surface area (TPSA) is 28.2 Å². The minimum Gasteiger partial charge on any atom is -0.315 e. The fraction of sp³-hybridized carbons (Fsp3) is 0.615. The molecule has 1 unspecified atom stereocenters. The summed E-state index contributed by atoms with van der Waals surface area (Å²) in [6.07, 6.45) is 4.33. The number of hydrogen-bond acceptors (Lipinski definition) is 3. The Kier molecular flexibility index (Phi) is 4.77. The summed E-state index contributed by atoms with van der Waals surface area (Å²) in [6.45, 7) is 6.61. The van der Waals surface area contributed by atoms with Crippen LogP contribution < -0.4 is 5.32 Å². The number of rotatable bonds is 5. The van der Waals surface area contributed by atoms with Crippen LogP contribution >= 0.6 is 11.6 Å². The highest BCUT2D eigenvalue weighted by atomic mass is 35.5. The van der Waals surface area contributed by atoms with Crippen molar-refractivity contribution in [3.05, 3.63) is 29.0 Å². The Balaban J connectivity index is 1.98. The second-order valence-corrected chi connectivity index (χ2v) is 4.99. The number of halogens is 1. The molecule has 0 radical (unpaired) electrons. The van der Waals surface area contributed by atoms with Crippen LogP contribution in [0.4, 0.5) is 0 Å². The molecule has 0 bridgehead atoms. The highest BCUT2D eigenvalue weighted by Crippen LogP contribution is 2.14. The van der Waals surface area contributed by atoms with Crippen molar-refractivity contribution in [1.29, 1.82) is 0 Å². The maximum absolute atomic E-state index is 5.80. The molecule has 1 fully saturated rings. The van der Waals surface area contributed by atoms with Crippen LogP contribution in [-0.4, -0.2) is 35.6 Å². The van der Waals surface area contributed by atoms with Crippen LogP contribution in [0.5, 0.6) is 0 Å². The van der Waals surface area contributed by atoms with Gasteiger partial charge in [-0.05, 0) is 37.6 Å². The van der Waals surface area contributed by atoms with E-state index in [1.165, 1.54) is 18.4 Å². The van der Waals surface area contributed by atoms with E-state index in [0.717, 1.165) is 26.2 Å². The molecule has 1 N–H and O–H groups in total. The van der Waals surface area contributed by atoms with Gasteiger partial charge in [0, 0.05) is 25.3 Å². The van der Waals surface area contributed by atoms with Gasteiger partial charge in [-0.2, -0.15) is 0 Å². The van der Waals surface area contributed by atoms with E-state index >= 15 is 0 Å². The molecule has 1 aliphatic heterocycles. The van der Waals surface area contributed by atoms with Crippen molar-refractivity contribution in [3.8, 4) is 0 Å². The molecule has 1 atom stereocenters. The Hall–Kier alpha value is -0.640. The van der Waals surface area contributed by atoms with Gasteiger partial charge in [0.2, 0.25) is 0 Å². The van der Waals surface area contributed by atoms with Gasteiger partial charge in [-0.15, -0.1) is 0 Å². The number of aromatic nitrogens is 1. The van der Waals surface area contributed by atoms with Gasteiger partial charge in [0.25, 0.3) is 0 Å². The molecule has 4 heteroatoms. The van der Waals surface area contributed by atoms with E-state index < -0.39 is 0 Å². The van der Waals surface area contributed by atoms with Crippen molar-refractivity contribution in [3.63, 3.8) is 0 Å². The number of nitrogens with one attached hydrogen (secondary N) is 1. The zero-order valence-electron chi connectivity index (χ0n) is 10.3. The average molecular weight is 254 g/mol. The maximum Gasteiger partial charge on any atom is 0.129 e. The fourth-order valence-corrected chi connectivity index (χ4v) is 2.48. The first-order chi connectivity index (χ1) is 8.29. The van der Waals surface area contributed by atoms with Crippen LogP contribution in [-0.2, 0) is 6.54 Å². The second-order valence-electron chi connectivity index (χ2n) is 4.61. The summed E-state index contributed by atoms with van der Waals surface area (Å²) in [5.74, 6) is 0. The number of nitrogens with zero attached hydrogens (tertiary/aromatic N) is 2. The summed E-state index contributed by atoms with van der Waals surface area (Å²) in [5, 5.41) is 4.00. The Labute approximate surface area is 108 Å². The lowest BCUT2D eigenvalue weighted by Crippen LogP contribution is -2.36. The van der Waals surface area contributed by atoms with Crippen molar-refractivity contribution in [2.24, 2.45) is 0 Å². The quantitative estimate of drug-likeness (QED) is 0.817. The molecule has 0 aromatic carbocycles. The molecule has 1 aromatic rings. The Morgan fingerprint density at radius 1 is 1.53 bits per heavy atom. The Morgan fingerprint density at radius 2 is 2.41 bits per heavy atom. The summed E-state index contributed by atoms with van der Waals surface area (Å²) in [7, 11) is 0. The van der Waals surface area contributed by atoms with Gasteiger partial charge in [0.05, 0.1) is 0 Å². The van der Waals surface area contributed by atoms with Gasteiger partial charge in [-0.25, -0.2) is 4.98 Å². The van der Waals surface area contributed by atoms with Gasteiger partial charge in [0.15, 0.2) is 0 Å². The third-order valence-corrected chi connectivity index (χ3v) is 3.46. The van der Waals surface area contributed by atoms with E-state index in [9.17, 15) is 0 Å². The normalized spacial score (nSPS) is 20.1.